The fraction of sp³-hybridized carbons (Fsp3) is 0.0714. The number of carbonyl (C=O) groups excluding carboxylic acids is 1. The predicted octanol–water partition coefficient (Wildman–Crippen LogP) is 2.13. The van der Waals surface area contributed by atoms with Crippen LogP contribution >= 0.6 is 12.8 Å². The highest BCUT2D eigenvalue weighted by atomic mass is 32.1. The second kappa shape index (κ2) is 5.57. The molecule has 0 aliphatic carbocycles. The van der Waals surface area contributed by atoms with Crippen LogP contribution < -0.4 is 14.8 Å². The van der Waals surface area contributed by atoms with Crippen molar-refractivity contribution in [2.24, 2.45) is 5.73 Å². The summed E-state index contributed by atoms with van der Waals surface area (Å²) in [4.78, 5) is 15.4. The molecule has 0 fully saturated rings. The Kier molecular flexibility index (Phi) is 3.60. The number of urea groups is 1. The van der Waals surface area contributed by atoms with Crippen molar-refractivity contribution in [1.29, 1.82) is 0 Å². The van der Waals surface area contributed by atoms with Gasteiger partial charge in [0.05, 0.1) is 12.8 Å². The van der Waals surface area contributed by atoms with Crippen molar-refractivity contribution in [1.82, 2.24) is 14.6 Å². The van der Waals surface area contributed by atoms with Crippen molar-refractivity contribution in [2.75, 3.05) is 11.4 Å². The van der Waals surface area contributed by atoms with Crippen molar-refractivity contribution in [2.45, 2.75) is 0 Å². The zero-order chi connectivity index (χ0) is 15.7. The molecule has 0 saturated carbocycles. The van der Waals surface area contributed by atoms with Gasteiger partial charge in [-0.05, 0) is 36.4 Å². The standard InChI is InChI=1S/C14H13N5O2S/c1-21-10-7-5-9(6-8-10)11-3-2-4-12-16-14(17-18(11)12)19(22)13(15)20/h2-8,22H,1H3,(H2,15,20). The van der Waals surface area contributed by atoms with Crippen molar-refractivity contribution < 1.29 is 9.53 Å². The summed E-state index contributed by atoms with van der Waals surface area (Å²) in [6, 6.07) is 12.4. The summed E-state index contributed by atoms with van der Waals surface area (Å²) in [5.74, 6) is 0.891. The summed E-state index contributed by atoms with van der Waals surface area (Å²) in [7, 11) is 1.62. The number of thiol groups is 1. The molecule has 0 aliphatic rings. The van der Waals surface area contributed by atoms with Crippen LogP contribution in [0.25, 0.3) is 16.9 Å². The number of rotatable bonds is 3. The fourth-order valence-electron chi connectivity index (χ4n) is 2.06. The Bertz CT molecular complexity index is 831. The van der Waals surface area contributed by atoms with Crippen LogP contribution in [0.15, 0.2) is 42.5 Å². The molecule has 0 bridgehead atoms. The van der Waals surface area contributed by atoms with Gasteiger partial charge in [-0.3, -0.25) is 0 Å². The lowest BCUT2D eigenvalue weighted by molar-refractivity contribution is 0.257. The van der Waals surface area contributed by atoms with Gasteiger partial charge in [-0.2, -0.15) is 4.98 Å². The van der Waals surface area contributed by atoms with Crippen LogP contribution in [0.5, 0.6) is 5.75 Å². The molecular formula is C14H13N5O2S. The number of anilines is 1. The van der Waals surface area contributed by atoms with E-state index in [1.165, 1.54) is 0 Å². The first kappa shape index (κ1) is 14.2. The number of carbonyl (C=O) groups is 1. The SMILES string of the molecule is COc1ccc(-c2cccc3nc(N(S)C(N)=O)nn23)cc1. The van der Waals surface area contributed by atoms with E-state index in [9.17, 15) is 4.79 Å². The second-order valence-corrected chi connectivity index (χ2v) is 4.87. The van der Waals surface area contributed by atoms with Crippen molar-refractivity contribution >= 4 is 30.4 Å². The molecule has 0 atom stereocenters. The number of nitrogens with two attached hydrogens (primary N) is 1. The Labute approximate surface area is 131 Å². The molecule has 0 spiro atoms. The second-order valence-electron chi connectivity index (χ2n) is 4.47. The third-order valence-corrected chi connectivity index (χ3v) is 3.51. The Balaban J connectivity index is 2.11. The van der Waals surface area contributed by atoms with Gasteiger partial charge in [-0.15, -0.1) is 5.10 Å². The van der Waals surface area contributed by atoms with Gasteiger partial charge in [0.25, 0.3) is 5.95 Å². The van der Waals surface area contributed by atoms with Gasteiger partial charge in [0.1, 0.15) is 5.75 Å². The predicted molar refractivity (Wildman–Crippen MR) is 86.0 cm³/mol. The molecule has 2 heterocycles. The molecule has 0 aliphatic heterocycles. The van der Waals surface area contributed by atoms with Gasteiger partial charge in [0.15, 0.2) is 5.65 Å². The van der Waals surface area contributed by atoms with Crippen LogP contribution in [0, 0.1) is 0 Å². The zero-order valence-electron chi connectivity index (χ0n) is 11.7. The van der Waals surface area contributed by atoms with Crippen LogP contribution in [0.4, 0.5) is 10.7 Å². The largest absolute Gasteiger partial charge is 0.497 e. The molecule has 2 aromatic heterocycles. The maximum absolute atomic E-state index is 11.2. The van der Waals surface area contributed by atoms with Gasteiger partial charge in [0.2, 0.25) is 0 Å². The quantitative estimate of drug-likeness (QED) is 0.725. The van der Waals surface area contributed by atoms with Crippen molar-refractivity contribution in [3.8, 4) is 17.0 Å². The summed E-state index contributed by atoms with van der Waals surface area (Å²) in [5, 5.41) is 4.28. The number of benzene rings is 1. The number of amides is 2. The molecule has 1 aromatic carbocycles. The average Bonchev–Trinajstić information content (AvgIpc) is 2.98. The number of fused-ring (bicyclic) bond motifs is 1. The first-order valence-corrected chi connectivity index (χ1v) is 6.79. The molecule has 112 valence electrons. The average molecular weight is 315 g/mol. The highest BCUT2D eigenvalue weighted by Gasteiger charge is 2.15. The van der Waals surface area contributed by atoms with Gasteiger partial charge >= 0.3 is 6.03 Å². The van der Waals surface area contributed by atoms with E-state index in [2.05, 4.69) is 22.9 Å². The molecule has 2 N–H and O–H groups in total. The smallest absolute Gasteiger partial charge is 0.331 e. The summed E-state index contributed by atoms with van der Waals surface area (Å²) in [5.41, 5.74) is 7.53. The minimum Gasteiger partial charge on any atom is -0.497 e. The Morgan fingerprint density at radius 1 is 1.27 bits per heavy atom. The maximum atomic E-state index is 11.2. The van der Waals surface area contributed by atoms with Crippen molar-refractivity contribution in [3.05, 3.63) is 42.5 Å². The molecule has 22 heavy (non-hydrogen) atoms. The van der Waals surface area contributed by atoms with E-state index in [4.69, 9.17) is 10.5 Å². The normalized spacial score (nSPS) is 10.6. The van der Waals surface area contributed by atoms with E-state index < -0.39 is 6.03 Å². The van der Waals surface area contributed by atoms with Gasteiger partial charge in [0, 0.05) is 5.56 Å². The maximum Gasteiger partial charge on any atom is 0.331 e. The Hall–Kier alpha value is -2.74. The first-order valence-electron chi connectivity index (χ1n) is 6.39. The van der Waals surface area contributed by atoms with E-state index in [0.29, 0.717) is 5.65 Å². The zero-order valence-corrected chi connectivity index (χ0v) is 12.6. The number of hydrogen-bond donors (Lipinski definition) is 2. The van der Waals surface area contributed by atoms with E-state index >= 15 is 0 Å². The lowest BCUT2D eigenvalue weighted by Crippen LogP contribution is -2.28. The van der Waals surface area contributed by atoms with Crippen LogP contribution in [0.2, 0.25) is 0 Å². The van der Waals surface area contributed by atoms with Crippen LogP contribution in [-0.4, -0.2) is 27.7 Å². The lowest BCUT2D eigenvalue weighted by Gasteiger charge is -2.06. The summed E-state index contributed by atoms with van der Waals surface area (Å²) < 4.78 is 7.67. The molecule has 8 heteroatoms. The summed E-state index contributed by atoms with van der Waals surface area (Å²) in [6.07, 6.45) is 0. The highest BCUT2D eigenvalue weighted by Crippen LogP contribution is 2.24. The van der Waals surface area contributed by atoms with E-state index in [0.717, 1.165) is 21.3 Å². The van der Waals surface area contributed by atoms with Gasteiger partial charge in [-0.25, -0.2) is 13.6 Å². The number of pyridine rings is 1. The van der Waals surface area contributed by atoms with Crippen LogP contribution in [0.3, 0.4) is 0 Å². The number of nitrogens with zero attached hydrogens (tertiary/aromatic N) is 4. The third kappa shape index (κ3) is 2.44. The minimum atomic E-state index is -0.745. The third-order valence-electron chi connectivity index (χ3n) is 3.13. The molecule has 0 unspecified atom stereocenters. The molecule has 0 saturated heterocycles. The van der Waals surface area contributed by atoms with Gasteiger partial charge < -0.3 is 10.5 Å². The van der Waals surface area contributed by atoms with Crippen molar-refractivity contribution in [3.63, 3.8) is 0 Å². The number of aromatic nitrogens is 3. The van der Waals surface area contributed by atoms with Crippen LogP contribution in [-0.2, 0) is 0 Å². The van der Waals surface area contributed by atoms with E-state index in [1.54, 1.807) is 17.7 Å². The molecular weight excluding hydrogens is 302 g/mol. The number of hydrogen-bond acceptors (Lipinski definition) is 5. The molecule has 3 rings (SSSR count). The first-order chi connectivity index (χ1) is 10.6. The number of methoxy groups -OCH3 is 1. The number of ether oxygens (including phenoxy) is 1. The molecule has 7 nitrogen and oxygen atoms in total. The topological polar surface area (TPSA) is 85.7 Å². The summed E-state index contributed by atoms with van der Waals surface area (Å²) >= 11 is 3.98. The lowest BCUT2D eigenvalue weighted by atomic mass is 10.1. The fourth-order valence-corrected chi connectivity index (χ4v) is 2.15. The van der Waals surface area contributed by atoms with E-state index in [1.807, 2.05) is 36.4 Å². The van der Waals surface area contributed by atoms with E-state index in [-0.39, 0.29) is 5.95 Å². The monoisotopic (exact) mass is 315 g/mol. The summed E-state index contributed by atoms with van der Waals surface area (Å²) in [6.45, 7) is 0. The minimum absolute atomic E-state index is 0.122. The van der Waals surface area contributed by atoms with Gasteiger partial charge in [-0.1, -0.05) is 18.9 Å². The Morgan fingerprint density at radius 3 is 2.64 bits per heavy atom. The molecule has 0 radical (unpaired) electrons. The van der Waals surface area contributed by atoms with Crippen LogP contribution in [0.1, 0.15) is 0 Å². The Morgan fingerprint density at radius 2 is 2.00 bits per heavy atom. The molecule has 2 amide bonds. The molecule has 3 aromatic rings. The highest BCUT2D eigenvalue weighted by molar-refractivity contribution is 7.82. The number of primary amides is 1.